The Labute approximate surface area is 79.3 Å². The molecule has 13 heavy (non-hydrogen) atoms. The molecule has 0 fully saturated rings. The predicted molar refractivity (Wildman–Crippen MR) is 46.7 cm³/mol. The standard InChI is InChI=1S/C8H7ClF2N2/c1-3-5-4-6(9)13-7(12-5)8(2,10)11/h3-4H,1H2,2H3. The number of rotatable bonds is 2. The van der Waals surface area contributed by atoms with E-state index in [9.17, 15) is 8.78 Å². The highest BCUT2D eigenvalue weighted by atomic mass is 35.5. The molecule has 0 bridgehead atoms. The molecular weight excluding hydrogens is 198 g/mol. The van der Waals surface area contributed by atoms with Crippen LogP contribution in [0, 0.1) is 0 Å². The van der Waals surface area contributed by atoms with Gasteiger partial charge in [-0.05, 0) is 6.08 Å². The summed E-state index contributed by atoms with van der Waals surface area (Å²) in [4.78, 5) is 6.97. The van der Waals surface area contributed by atoms with Crippen molar-refractivity contribution in [3.63, 3.8) is 0 Å². The summed E-state index contributed by atoms with van der Waals surface area (Å²) >= 11 is 5.50. The van der Waals surface area contributed by atoms with Crippen LogP contribution in [0.4, 0.5) is 8.78 Å². The van der Waals surface area contributed by atoms with Gasteiger partial charge in [0.25, 0.3) is 0 Å². The zero-order chi connectivity index (χ0) is 10.1. The van der Waals surface area contributed by atoms with E-state index in [-0.39, 0.29) is 10.8 Å². The van der Waals surface area contributed by atoms with Crippen molar-refractivity contribution in [2.24, 2.45) is 0 Å². The Morgan fingerprint density at radius 1 is 1.54 bits per heavy atom. The van der Waals surface area contributed by atoms with E-state index in [0.29, 0.717) is 6.92 Å². The molecule has 0 unspecified atom stereocenters. The third kappa shape index (κ3) is 2.45. The molecule has 0 radical (unpaired) electrons. The van der Waals surface area contributed by atoms with Gasteiger partial charge in [-0.1, -0.05) is 18.2 Å². The summed E-state index contributed by atoms with van der Waals surface area (Å²) in [6.45, 7) is 4.12. The molecule has 1 aromatic heterocycles. The Morgan fingerprint density at radius 3 is 2.62 bits per heavy atom. The third-order valence-electron chi connectivity index (χ3n) is 1.32. The lowest BCUT2D eigenvalue weighted by Gasteiger charge is -2.08. The van der Waals surface area contributed by atoms with Gasteiger partial charge in [0.15, 0.2) is 0 Å². The van der Waals surface area contributed by atoms with Crippen LogP contribution in [0.25, 0.3) is 6.08 Å². The molecule has 5 heteroatoms. The highest BCUT2D eigenvalue weighted by Crippen LogP contribution is 2.24. The second-order valence-corrected chi connectivity index (χ2v) is 2.92. The highest BCUT2D eigenvalue weighted by molar-refractivity contribution is 6.29. The van der Waals surface area contributed by atoms with Crippen molar-refractivity contribution in [3.05, 3.63) is 29.3 Å². The monoisotopic (exact) mass is 204 g/mol. The highest BCUT2D eigenvalue weighted by Gasteiger charge is 2.28. The van der Waals surface area contributed by atoms with E-state index in [2.05, 4.69) is 16.5 Å². The topological polar surface area (TPSA) is 25.8 Å². The fraction of sp³-hybridized carbons (Fsp3) is 0.250. The molecule has 70 valence electrons. The van der Waals surface area contributed by atoms with Crippen molar-refractivity contribution >= 4 is 17.7 Å². The minimum Gasteiger partial charge on any atom is -0.228 e. The van der Waals surface area contributed by atoms with Crippen LogP contribution in [0.2, 0.25) is 5.15 Å². The fourth-order valence-electron chi connectivity index (χ4n) is 0.736. The van der Waals surface area contributed by atoms with Gasteiger partial charge in [-0.3, -0.25) is 0 Å². The lowest BCUT2D eigenvalue weighted by Crippen LogP contribution is -2.13. The van der Waals surface area contributed by atoms with Crippen LogP contribution in [0.3, 0.4) is 0 Å². The van der Waals surface area contributed by atoms with Gasteiger partial charge in [0.2, 0.25) is 5.82 Å². The summed E-state index contributed by atoms with van der Waals surface area (Å²) in [5, 5.41) is -0.0126. The van der Waals surface area contributed by atoms with Crippen molar-refractivity contribution in [3.8, 4) is 0 Å². The molecule has 0 N–H and O–H groups in total. The Morgan fingerprint density at radius 2 is 2.15 bits per heavy atom. The van der Waals surface area contributed by atoms with Crippen LogP contribution in [-0.4, -0.2) is 9.97 Å². The van der Waals surface area contributed by atoms with Gasteiger partial charge in [0.1, 0.15) is 5.15 Å². The molecule has 0 atom stereocenters. The maximum absolute atomic E-state index is 12.7. The molecular formula is C8H7ClF2N2. The van der Waals surface area contributed by atoms with E-state index in [1.807, 2.05) is 0 Å². The molecule has 0 amide bonds. The second kappa shape index (κ2) is 3.38. The number of aromatic nitrogens is 2. The van der Waals surface area contributed by atoms with Crippen LogP contribution in [0.15, 0.2) is 12.6 Å². The molecule has 0 saturated carbocycles. The van der Waals surface area contributed by atoms with E-state index in [1.165, 1.54) is 12.1 Å². The zero-order valence-corrected chi connectivity index (χ0v) is 7.65. The zero-order valence-electron chi connectivity index (χ0n) is 6.89. The maximum Gasteiger partial charge on any atom is 0.303 e. The molecule has 0 aromatic carbocycles. The SMILES string of the molecule is C=Cc1cc(Cl)nc(C(C)(F)F)n1. The summed E-state index contributed by atoms with van der Waals surface area (Å²) in [6, 6.07) is 1.36. The van der Waals surface area contributed by atoms with E-state index in [1.54, 1.807) is 0 Å². The fourth-order valence-corrected chi connectivity index (χ4v) is 0.928. The smallest absolute Gasteiger partial charge is 0.228 e. The van der Waals surface area contributed by atoms with Crippen LogP contribution in [0.1, 0.15) is 18.4 Å². The van der Waals surface area contributed by atoms with E-state index >= 15 is 0 Å². The van der Waals surface area contributed by atoms with Crippen LogP contribution in [-0.2, 0) is 5.92 Å². The first-order valence-electron chi connectivity index (χ1n) is 3.49. The van der Waals surface area contributed by atoms with E-state index in [4.69, 9.17) is 11.6 Å². The summed E-state index contributed by atoms with van der Waals surface area (Å²) in [6.07, 6.45) is 1.34. The maximum atomic E-state index is 12.7. The first-order chi connectivity index (χ1) is 5.93. The van der Waals surface area contributed by atoms with Gasteiger partial charge in [-0.2, -0.15) is 8.78 Å². The number of nitrogens with zero attached hydrogens (tertiary/aromatic N) is 2. The molecule has 0 aliphatic heterocycles. The second-order valence-electron chi connectivity index (χ2n) is 2.53. The van der Waals surface area contributed by atoms with Crippen molar-refractivity contribution in [2.75, 3.05) is 0 Å². The Kier molecular flexibility index (Phi) is 2.61. The molecule has 2 nitrogen and oxygen atoms in total. The Bertz CT molecular complexity index is 333. The number of hydrogen-bond acceptors (Lipinski definition) is 2. The first kappa shape index (κ1) is 10.1. The van der Waals surface area contributed by atoms with Crippen LogP contribution >= 0.6 is 11.6 Å². The van der Waals surface area contributed by atoms with Gasteiger partial charge in [-0.15, -0.1) is 0 Å². The number of halogens is 3. The largest absolute Gasteiger partial charge is 0.303 e. The van der Waals surface area contributed by atoms with Gasteiger partial charge in [0, 0.05) is 13.0 Å². The van der Waals surface area contributed by atoms with Crippen LogP contribution < -0.4 is 0 Å². The molecule has 1 rings (SSSR count). The molecule has 0 aliphatic rings. The van der Waals surface area contributed by atoms with Crippen LogP contribution in [0.5, 0.6) is 0 Å². The quantitative estimate of drug-likeness (QED) is 0.693. The normalized spacial score (nSPS) is 11.4. The summed E-state index contributed by atoms with van der Waals surface area (Å²) in [7, 11) is 0. The Balaban J connectivity index is 3.24. The van der Waals surface area contributed by atoms with Gasteiger partial charge in [0.05, 0.1) is 5.69 Å². The average Bonchev–Trinajstić information content (AvgIpc) is 2.01. The molecule has 1 heterocycles. The minimum atomic E-state index is -3.08. The Hall–Kier alpha value is -1.03. The molecule has 0 aliphatic carbocycles. The average molecular weight is 205 g/mol. The first-order valence-corrected chi connectivity index (χ1v) is 3.86. The molecule has 1 aromatic rings. The third-order valence-corrected chi connectivity index (χ3v) is 1.51. The number of alkyl halides is 2. The van der Waals surface area contributed by atoms with Crippen molar-refractivity contribution in [2.45, 2.75) is 12.8 Å². The lowest BCUT2D eigenvalue weighted by atomic mass is 10.3. The van der Waals surface area contributed by atoms with E-state index < -0.39 is 11.7 Å². The van der Waals surface area contributed by atoms with Crippen molar-refractivity contribution in [1.29, 1.82) is 0 Å². The van der Waals surface area contributed by atoms with Crippen molar-refractivity contribution in [1.82, 2.24) is 9.97 Å². The predicted octanol–water partition coefficient (Wildman–Crippen LogP) is 2.88. The summed E-state index contributed by atoms with van der Waals surface area (Å²) in [5.41, 5.74) is 0.288. The van der Waals surface area contributed by atoms with Gasteiger partial charge < -0.3 is 0 Å². The minimum absolute atomic E-state index is 0.0126. The van der Waals surface area contributed by atoms with Gasteiger partial charge in [-0.25, -0.2) is 9.97 Å². The summed E-state index contributed by atoms with van der Waals surface area (Å²) in [5.74, 6) is -3.67. The lowest BCUT2D eigenvalue weighted by molar-refractivity contribution is 0.00763. The molecule has 0 saturated heterocycles. The van der Waals surface area contributed by atoms with E-state index in [0.717, 1.165) is 0 Å². The number of hydrogen-bond donors (Lipinski definition) is 0. The van der Waals surface area contributed by atoms with Crippen molar-refractivity contribution < 1.29 is 8.78 Å². The summed E-state index contributed by atoms with van der Waals surface area (Å²) < 4.78 is 25.5. The van der Waals surface area contributed by atoms with Gasteiger partial charge >= 0.3 is 5.92 Å². The molecule has 0 spiro atoms.